The maximum absolute atomic E-state index is 13.5. The van der Waals surface area contributed by atoms with Gasteiger partial charge in [0.2, 0.25) is 5.91 Å². The molecule has 0 aromatic carbocycles. The summed E-state index contributed by atoms with van der Waals surface area (Å²) in [5, 5.41) is 3.00. The van der Waals surface area contributed by atoms with E-state index in [1.54, 1.807) is 0 Å². The Morgan fingerprint density at radius 3 is 1.39 bits per heavy atom. The number of phosphoric ester groups is 1. The molecule has 9 nitrogen and oxygen atoms in total. The van der Waals surface area contributed by atoms with Crippen molar-refractivity contribution in [2.75, 3.05) is 40.9 Å². The highest BCUT2D eigenvalue weighted by Crippen LogP contribution is 2.43. The van der Waals surface area contributed by atoms with Crippen LogP contribution in [-0.2, 0) is 27.9 Å². The lowest BCUT2D eigenvalue weighted by atomic mass is 10.0. The number of hydrogen-bond acceptors (Lipinski definition) is 6. The predicted molar refractivity (Wildman–Crippen MR) is 309 cm³/mol. The average Bonchev–Trinajstić information content (AvgIpc) is 3.34. The summed E-state index contributed by atoms with van der Waals surface area (Å²) in [6, 6.07) is -0.896. The first-order chi connectivity index (χ1) is 34.9. The smallest absolute Gasteiger partial charge is 0.456 e. The molecule has 0 bridgehead atoms. The zero-order valence-corrected chi connectivity index (χ0v) is 48.0. The fourth-order valence-electron chi connectivity index (χ4n) is 7.78. The van der Waals surface area contributed by atoms with Crippen molar-refractivity contribution >= 4 is 19.7 Å². The summed E-state index contributed by atoms with van der Waals surface area (Å²) in [5.41, 5.74) is 0. The van der Waals surface area contributed by atoms with Gasteiger partial charge in [0.25, 0.3) is 0 Å². The van der Waals surface area contributed by atoms with Gasteiger partial charge in [-0.1, -0.05) is 221 Å². The number of ether oxygens (including phenoxy) is 1. The van der Waals surface area contributed by atoms with Crippen LogP contribution < -0.4 is 5.32 Å². The highest BCUT2D eigenvalue weighted by atomic mass is 31.2. The van der Waals surface area contributed by atoms with Crippen molar-refractivity contribution in [1.29, 1.82) is 0 Å². The van der Waals surface area contributed by atoms with E-state index in [1.807, 2.05) is 45.4 Å². The van der Waals surface area contributed by atoms with Crippen molar-refractivity contribution in [3.05, 3.63) is 97.2 Å². The lowest BCUT2D eigenvalue weighted by Gasteiger charge is -2.27. The summed E-state index contributed by atoms with van der Waals surface area (Å²) in [7, 11) is 1.43. The molecular formula is C62H110N2O7P+. The monoisotopic (exact) mass is 1030 g/mol. The van der Waals surface area contributed by atoms with Crippen molar-refractivity contribution in [1.82, 2.24) is 5.32 Å². The summed E-state index contributed by atoms with van der Waals surface area (Å²) < 4.78 is 30.6. The Balaban J connectivity index is 5.49. The Hall–Kier alpha value is -3.07. The maximum Gasteiger partial charge on any atom is 0.472 e. The third-order valence-electron chi connectivity index (χ3n) is 12.3. The maximum atomic E-state index is 13.5. The van der Waals surface area contributed by atoms with Crippen LogP contribution in [-0.4, -0.2) is 74.3 Å². The molecule has 3 unspecified atom stereocenters. The number of esters is 1. The van der Waals surface area contributed by atoms with Gasteiger partial charge in [-0.15, -0.1) is 0 Å². The Labute approximate surface area is 443 Å². The number of allylic oxidation sites excluding steroid dienone is 15. The first kappa shape index (κ1) is 68.9. The van der Waals surface area contributed by atoms with Crippen molar-refractivity contribution in [2.45, 2.75) is 245 Å². The molecule has 0 aromatic heterocycles. The molecular weight excluding hydrogens is 916 g/mol. The fourth-order valence-corrected chi connectivity index (χ4v) is 8.52. The van der Waals surface area contributed by atoms with Crippen LogP contribution in [0.2, 0.25) is 0 Å². The van der Waals surface area contributed by atoms with E-state index in [0.29, 0.717) is 17.4 Å². The zero-order valence-electron chi connectivity index (χ0n) is 47.1. The summed E-state index contributed by atoms with van der Waals surface area (Å²) in [5.74, 6) is -0.615. The van der Waals surface area contributed by atoms with Gasteiger partial charge in [0, 0.05) is 12.8 Å². The molecule has 10 heteroatoms. The first-order valence-electron chi connectivity index (χ1n) is 29.1. The number of nitrogens with one attached hydrogen (secondary N) is 1. The highest BCUT2D eigenvalue weighted by molar-refractivity contribution is 7.47. The number of carbonyl (C=O) groups excluding carboxylic acids is 2. The number of rotatable bonds is 51. The molecule has 0 aliphatic carbocycles. The van der Waals surface area contributed by atoms with Crippen molar-refractivity contribution in [2.24, 2.45) is 0 Å². The Morgan fingerprint density at radius 1 is 0.500 bits per heavy atom. The third kappa shape index (κ3) is 51.8. The molecule has 1 amide bonds. The largest absolute Gasteiger partial charge is 0.472 e. The Morgan fingerprint density at radius 2 is 0.903 bits per heavy atom. The Bertz CT molecular complexity index is 1560. The van der Waals surface area contributed by atoms with Gasteiger partial charge in [-0.25, -0.2) is 4.57 Å². The van der Waals surface area contributed by atoms with Crippen LogP contribution in [0.25, 0.3) is 0 Å². The quantitative estimate of drug-likeness (QED) is 0.0205. The van der Waals surface area contributed by atoms with Crippen molar-refractivity contribution in [3.63, 3.8) is 0 Å². The third-order valence-corrected chi connectivity index (χ3v) is 13.3. The SMILES string of the molecule is CC/C=C/C/C=C/C/C=C/C/C=C/C/C=C/CCC(=O)NC(COP(=O)(O)OCC[N+](C)(C)C)C(/C=C/CCCCCCCCCCCCC)OC(=O)CCCCCCCCC/C=C\C/C=C\CCCCC. The molecule has 0 heterocycles. The Kier molecular flexibility index (Phi) is 49.2. The number of hydrogen-bond donors (Lipinski definition) is 2. The molecule has 414 valence electrons. The van der Waals surface area contributed by atoms with Crippen LogP contribution in [0.1, 0.15) is 233 Å². The second-order valence-corrected chi connectivity index (χ2v) is 21.9. The van der Waals surface area contributed by atoms with Crippen molar-refractivity contribution in [3.8, 4) is 0 Å². The lowest BCUT2D eigenvalue weighted by molar-refractivity contribution is -0.870. The minimum atomic E-state index is -4.47. The second kappa shape index (κ2) is 51.4. The van der Waals surface area contributed by atoms with Crippen LogP contribution in [0, 0.1) is 0 Å². The molecule has 0 fully saturated rings. The van der Waals surface area contributed by atoms with Crippen LogP contribution in [0.4, 0.5) is 0 Å². The number of carbonyl (C=O) groups is 2. The van der Waals surface area contributed by atoms with Gasteiger partial charge in [0.05, 0.1) is 33.8 Å². The van der Waals surface area contributed by atoms with Gasteiger partial charge in [0.1, 0.15) is 19.3 Å². The molecule has 0 aliphatic rings. The minimum Gasteiger partial charge on any atom is -0.456 e. The van der Waals surface area contributed by atoms with Crippen LogP contribution in [0.3, 0.4) is 0 Å². The molecule has 0 spiro atoms. The van der Waals surface area contributed by atoms with Crippen LogP contribution in [0.15, 0.2) is 97.2 Å². The number of phosphoric acid groups is 1. The minimum absolute atomic E-state index is 0.0214. The summed E-state index contributed by atoms with van der Waals surface area (Å²) >= 11 is 0. The lowest BCUT2D eigenvalue weighted by Crippen LogP contribution is -2.47. The predicted octanol–water partition coefficient (Wildman–Crippen LogP) is 17.6. The van der Waals surface area contributed by atoms with Crippen LogP contribution in [0.5, 0.6) is 0 Å². The van der Waals surface area contributed by atoms with Crippen LogP contribution >= 0.6 is 7.82 Å². The van der Waals surface area contributed by atoms with E-state index < -0.39 is 20.0 Å². The molecule has 0 aromatic rings. The molecule has 72 heavy (non-hydrogen) atoms. The molecule has 3 atom stereocenters. The van der Waals surface area contributed by atoms with E-state index in [9.17, 15) is 19.0 Å². The van der Waals surface area contributed by atoms with Gasteiger partial charge in [-0.2, -0.15) is 0 Å². The number of amides is 1. The summed E-state index contributed by atoms with van der Waals surface area (Å²) in [6.07, 6.45) is 68.4. The standard InChI is InChI=1S/C62H109N2O7P/c1-7-10-13-16-19-22-25-28-30-32-34-37-40-43-46-49-52-55-62(66)71-60(53-50-47-44-41-38-35-27-24-21-18-15-12-9-3)59(58-70-72(67,68)69-57-56-64(4,5)6)63-61(65)54-51-48-45-42-39-36-33-31-29-26-23-20-17-14-11-8-2/h11,14,19-20,22-23,28-31,36,39,45,48,50,53,59-60H,7-10,12-13,15-18,21,24-27,32-35,37-38,40-44,46-47,49,51-52,54-58H2,1-6H3,(H-,63,65,67,68)/p+1/b14-11+,22-19-,23-20+,30-28-,31-29+,39-36+,48-45+,53-50+. The van der Waals surface area contributed by atoms with Gasteiger partial charge >= 0.3 is 13.8 Å². The molecule has 0 saturated heterocycles. The zero-order chi connectivity index (χ0) is 52.9. The van der Waals surface area contributed by atoms with E-state index in [4.69, 9.17) is 13.8 Å². The van der Waals surface area contributed by atoms with E-state index in [2.05, 4.69) is 99.0 Å². The molecule has 0 radical (unpaired) electrons. The summed E-state index contributed by atoms with van der Waals surface area (Å²) in [6.45, 7) is 6.80. The average molecular weight is 1030 g/mol. The molecule has 0 saturated carbocycles. The van der Waals surface area contributed by atoms with E-state index in [1.165, 1.54) is 103 Å². The normalized spacial score (nSPS) is 14.5. The second-order valence-electron chi connectivity index (χ2n) is 20.4. The highest BCUT2D eigenvalue weighted by Gasteiger charge is 2.30. The van der Waals surface area contributed by atoms with Gasteiger partial charge in [0.15, 0.2) is 0 Å². The van der Waals surface area contributed by atoms with E-state index in [0.717, 1.165) is 89.9 Å². The first-order valence-corrected chi connectivity index (χ1v) is 30.6. The van der Waals surface area contributed by atoms with Gasteiger partial charge in [-0.3, -0.25) is 18.6 Å². The number of quaternary nitrogens is 1. The van der Waals surface area contributed by atoms with Gasteiger partial charge in [-0.05, 0) is 96.0 Å². The van der Waals surface area contributed by atoms with E-state index in [-0.39, 0.29) is 37.9 Å². The fraction of sp³-hybridized carbons (Fsp3) is 0.710. The number of nitrogens with zero attached hydrogens (tertiary/aromatic N) is 1. The van der Waals surface area contributed by atoms with E-state index >= 15 is 0 Å². The topological polar surface area (TPSA) is 111 Å². The molecule has 0 rings (SSSR count). The number of likely N-dealkylation sites (N-methyl/N-ethyl adjacent to an activating group) is 1. The van der Waals surface area contributed by atoms with Gasteiger partial charge < -0.3 is 19.4 Å². The number of unbranched alkanes of at least 4 members (excludes halogenated alkanes) is 21. The molecule has 0 aliphatic heterocycles. The summed E-state index contributed by atoms with van der Waals surface area (Å²) in [4.78, 5) is 37.6. The van der Waals surface area contributed by atoms with Crippen molar-refractivity contribution < 1.29 is 37.3 Å². The molecule has 2 N–H and O–H groups in total.